The molecule has 0 fully saturated rings. The van der Waals surface area contributed by atoms with Crippen molar-refractivity contribution in [3.8, 4) is 0 Å². The monoisotopic (exact) mass is 168 g/mol. The van der Waals surface area contributed by atoms with Crippen molar-refractivity contribution in [2.75, 3.05) is 13.6 Å². The maximum absolute atomic E-state index is 10.8. The molecule has 1 unspecified atom stereocenters. The third kappa shape index (κ3) is 2.32. The van der Waals surface area contributed by atoms with Crippen LogP contribution in [-0.2, 0) is 4.79 Å². The number of hydrogen-bond acceptors (Lipinski definition) is 3. The summed E-state index contributed by atoms with van der Waals surface area (Å²) in [5.41, 5.74) is 0. The van der Waals surface area contributed by atoms with Gasteiger partial charge in [-0.15, -0.1) is 0 Å². The fourth-order valence-corrected chi connectivity index (χ4v) is 1.41. The zero-order valence-corrected chi connectivity index (χ0v) is 8.00. The molecule has 1 aliphatic heterocycles. The third-order valence-corrected chi connectivity index (χ3v) is 2.24. The van der Waals surface area contributed by atoms with Crippen LogP contribution in [0.3, 0.4) is 0 Å². The molecule has 0 aromatic carbocycles. The number of carbonyl (C=O) groups excluding carboxylic acids is 1. The zero-order chi connectivity index (χ0) is 9.14. The topological polar surface area (TPSA) is 32.7 Å². The second-order valence-corrected chi connectivity index (χ2v) is 3.45. The Morgan fingerprint density at radius 3 is 2.92 bits per heavy atom. The van der Waals surface area contributed by atoms with Crippen molar-refractivity contribution in [2.24, 2.45) is 4.99 Å². The Balaban J connectivity index is 2.54. The second kappa shape index (κ2) is 3.70. The number of rotatable bonds is 2. The van der Waals surface area contributed by atoms with Crippen LogP contribution in [-0.4, -0.2) is 36.2 Å². The van der Waals surface area contributed by atoms with Crippen molar-refractivity contribution in [1.29, 1.82) is 0 Å². The third-order valence-electron chi connectivity index (χ3n) is 2.24. The Morgan fingerprint density at radius 2 is 2.42 bits per heavy atom. The Morgan fingerprint density at radius 1 is 1.75 bits per heavy atom. The first kappa shape index (κ1) is 9.23. The van der Waals surface area contributed by atoms with E-state index in [2.05, 4.69) is 9.89 Å². The van der Waals surface area contributed by atoms with Crippen LogP contribution in [0.1, 0.15) is 26.7 Å². The Labute approximate surface area is 73.5 Å². The molecule has 68 valence electrons. The normalized spacial score (nSPS) is 23.8. The number of amidine groups is 1. The van der Waals surface area contributed by atoms with Crippen molar-refractivity contribution in [3.05, 3.63) is 0 Å². The number of nitrogens with zero attached hydrogens (tertiary/aromatic N) is 2. The smallest absolute Gasteiger partial charge is 0.131 e. The van der Waals surface area contributed by atoms with Crippen LogP contribution in [0, 0.1) is 0 Å². The van der Waals surface area contributed by atoms with E-state index < -0.39 is 0 Å². The largest absolute Gasteiger partial charge is 0.364 e. The van der Waals surface area contributed by atoms with E-state index in [0.29, 0.717) is 6.42 Å². The van der Waals surface area contributed by atoms with Gasteiger partial charge in [0.05, 0.1) is 11.9 Å². The fraction of sp³-hybridized carbons (Fsp3) is 0.778. The first-order valence-electron chi connectivity index (χ1n) is 4.34. The van der Waals surface area contributed by atoms with Gasteiger partial charge in [-0.2, -0.15) is 0 Å². The van der Waals surface area contributed by atoms with E-state index in [1.807, 2.05) is 14.0 Å². The van der Waals surface area contributed by atoms with E-state index in [0.717, 1.165) is 18.8 Å². The minimum absolute atomic E-state index is 0.235. The lowest BCUT2D eigenvalue weighted by atomic mass is 10.1. The average Bonchev–Trinajstić information content (AvgIpc) is 1.96. The molecule has 0 aromatic heterocycles. The standard InChI is InChI=1S/C9H16N2O/c1-7(12)6-9-4-5-11(3)8(2)10-9/h9H,4-6H2,1-3H3. The van der Waals surface area contributed by atoms with Crippen LogP contribution in [0.25, 0.3) is 0 Å². The minimum Gasteiger partial charge on any atom is -0.364 e. The molecule has 0 saturated heterocycles. The fourth-order valence-electron chi connectivity index (χ4n) is 1.41. The lowest BCUT2D eigenvalue weighted by Crippen LogP contribution is -2.34. The molecule has 3 heteroatoms. The quantitative estimate of drug-likeness (QED) is 0.618. The van der Waals surface area contributed by atoms with Crippen molar-refractivity contribution >= 4 is 11.6 Å². The minimum atomic E-state index is 0.235. The number of carbonyl (C=O) groups is 1. The maximum Gasteiger partial charge on any atom is 0.131 e. The van der Waals surface area contributed by atoms with Gasteiger partial charge in [-0.1, -0.05) is 0 Å². The summed E-state index contributed by atoms with van der Waals surface area (Å²) in [7, 11) is 2.03. The number of Topliss-reactive ketones (excluding diaryl/α,β-unsaturated/α-hetero) is 1. The summed E-state index contributed by atoms with van der Waals surface area (Å²) in [6, 6.07) is 0.235. The van der Waals surface area contributed by atoms with Gasteiger partial charge in [-0.25, -0.2) is 0 Å². The number of hydrogen-bond donors (Lipinski definition) is 0. The van der Waals surface area contributed by atoms with E-state index in [9.17, 15) is 4.79 Å². The summed E-state index contributed by atoms with van der Waals surface area (Å²) < 4.78 is 0. The van der Waals surface area contributed by atoms with Gasteiger partial charge < -0.3 is 4.90 Å². The van der Waals surface area contributed by atoms with Gasteiger partial charge >= 0.3 is 0 Å². The van der Waals surface area contributed by atoms with Crippen LogP contribution in [0.2, 0.25) is 0 Å². The van der Waals surface area contributed by atoms with E-state index in [1.54, 1.807) is 6.92 Å². The van der Waals surface area contributed by atoms with E-state index in [-0.39, 0.29) is 11.8 Å². The summed E-state index contributed by atoms with van der Waals surface area (Å²) in [6.45, 7) is 4.64. The van der Waals surface area contributed by atoms with Gasteiger partial charge in [0.25, 0.3) is 0 Å². The van der Waals surface area contributed by atoms with Gasteiger partial charge in [0.15, 0.2) is 0 Å². The van der Waals surface area contributed by atoms with Crippen LogP contribution >= 0.6 is 0 Å². The lowest BCUT2D eigenvalue weighted by molar-refractivity contribution is -0.117. The van der Waals surface area contributed by atoms with Crippen LogP contribution in [0.15, 0.2) is 4.99 Å². The molecule has 0 bridgehead atoms. The molecular formula is C9H16N2O. The molecule has 3 nitrogen and oxygen atoms in total. The summed E-state index contributed by atoms with van der Waals surface area (Å²) in [5.74, 6) is 1.29. The molecule has 1 rings (SSSR count). The first-order chi connectivity index (χ1) is 5.59. The van der Waals surface area contributed by atoms with Crippen molar-refractivity contribution in [3.63, 3.8) is 0 Å². The lowest BCUT2D eigenvalue weighted by Gasteiger charge is -2.27. The highest BCUT2D eigenvalue weighted by Crippen LogP contribution is 2.11. The van der Waals surface area contributed by atoms with Gasteiger partial charge in [0.1, 0.15) is 5.78 Å². The van der Waals surface area contributed by atoms with Gasteiger partial charge in [0.2, 0.25) is 0 Å². The Hall–Kier alpha value is -0.860. The van der Waals surface area contributed by atoms with E-state index >= 15 is 0 Å². The Bertz CT molecular complexity index is 211. The predicted molar refractivity (Wildman–Crippen MR) is 49.4 cm³/mol. The molecule has 0 aliphatic carbocycles. The first-order valence-corrected chi connectivity index (χ1v) is 4.34. The molecule has 1 atom stereocenters. The maximum atomic E-state index is 10.8. The second-order valence-electron chi connectivity index (χ2n) is 3.45. The molecular weight excluding hydrogens is 152 g/mol. The van der Waals surface area contributed by atoms with Crippen molar-refractivity contribution in [1.82, 2.24) is 4.90 Å². The molecule has 0 aromatic rings. The summed E-state index contributed by atoms with van der Waals surface area (Å²) >= 11 is 0. The zero-order valence-electron chi connectivity index (χ0n) is 8.00. The highest BCUT2D eigenvalue weighted by Gasteiger charge is 2.16. The number of ketones is 1. The molecule has 1 aliphatic rings. The molecule has 1 heterocycles. The van der Waals surface area contributed by atoms with E-state index in [1.165, 1.54) is 0 Å². The van der Waals surface area contributed by atoms with Gasteiger partial charge in [-0.3, -0.25) is 9.79 Å². The van der Waals surface area contributed by atoms with Gasteiger partial charge in [-0.05, 0) is 20.3 Å². The van der Waals surface area contributed by atoms with Crippen molar-refractivity contribution in [2.45, 2.75) is 32.7 Å². The molecule has 0 radical (unpaired) electrons. The highest BCUT2D eigenvalue weighted by molar-refractivity contribution is 5.81. The average molecular weight is 168 g/mol. The Kier molecular flexibility index (Phi) is 2.84. The van der Waals surface area contributed by atoms with E-state index in [4.69, 9.17) is 0 Å². The SMILES string of the molecule is CC(=O)CC1CCN(C)C(C)=N1. The molecule has 0 spiro atoms. The van der Waals surface area contributed by atoms with Crippen LogP contribution in [0.5, 0.6) is 0 Å². The summed E-state index contributed by atoms with van der Waals surface area (Å²) in [6.07, 6.45) is 1.61. The molecule has 0 amide bonds. The van der Waals surface area contributed by atoms with Crippen molar-refractivity contribution < 1.29 is 4.79 Å². The summed E-state index contributed by atoms with van der Waals surface area (Å²) in [4.78, 5) is 17.4. The number of aliphatic imine (C=N–C) groups is 1. The molecule has 0 saturated carbocycles. The molecule has 12 heavy (non-hydrogen) atoms. The highest BCUT2D eigenvalue weighted by atomic mass is 16.1. The van der Waals surface area contributed by atoms with Crippen LogP contribution < -0.4 is 0 Å². The van der Waals surface area contributed by atoms with Crippen LogP contribution in [0.4, 0.5) is 0 Å². The van der Waals surface area contributed by atoms with Gasteiger partial charge in [0, 0.05) is 20.0 Å². The molecule has 0 N–H and O–H groups in total. The predicted octanol–water partition coefficient (Wildman–Crippen LogP) is 1.09. The summed E-state index contributed by atoms with van der Waals surface area (Å²) in [5, 5.41) is 0.